The topological polar surface area (TPSA) is 64.1 Å². The number of hydrogen-bond acceptors (Lipinski definition) is 4. The molecule has 5 heteroatoms. The Morgan fingerprint density at radius 1 is 1.27 bits per heavy atom. The van der Waals surface area contributed by atoms with E-state index in [1.54, 1.807) is 0 Å². The molecule has 0 radical (unpaired) electrons. The molecule has 30 heavy (non-hydrogen) atoms. The molecule has 0 saturated carbocycles. The normalized spacial score (nSPS) is 25.1. The van der Waals surface area contributed by atoms with Crippen molar-refractivity contribution in [2.75, 3.05) is 6.61 Å². The maximum Gasteiger partial charge on any atom is 0.143 e. The second-order valence-corrected chi connectivity index (χ2v) is 9.63. The van der Waals surface area contributed by atoms with Crippen LogP contribution in [0, 0.1) is 5.92 Å². The fraction of sp³-hybridized carbons (Fsp3) is 0.520. The van der Waals surface area contributed by atoms with Crippen LogP contribution in [0.25, 0.3) is 11.4 Å². The van der Waals surface area contributed by atoms with Crippen LogP contribution < -0.4 is 0 Å². The first-order valence-corrected chi connectivity index (χ1v) is 11.2. The Kier molecular flexibility index (Phi) is 4.62. The maximum absolute atomic E-state index is 9.80. The SMILES string of the molecule is CC(C)c1ccc(-c2nc3c(n2CCO)CC[C@@H]2[C@@H](C)c4oncc4C[C@@]32C)cc1. The largest absolute Gasteiger partial charge is 0.395 e. The average Bonchev–Trinajstić information content (AvgIpc) is 3.34. The number of hydrogen-bond donors (Lipinski definition) is 1. The summed E-state index contributed by atoms with van der Waals surface area (Å²) < 4.78 is 7.87. The predicted octanol–water partition coefficient (Wildman–Crippen LogP) is 4.83. The van der Waals surface area contributed by atoms with Crippen LogP contribution in [0.3, 0.4) is 0 Å². The first-order chi connectivity index (χ1) is 14.4. The molecular formula is C25H31N3O2. The van der Waals surface area contributed by atoms with Gasteiger partial charge in [-0.3, -0.25) is 0 Å². The van der Waals surface area contributed by atoms with Crippen LogP contribution in [0.4, 0.5) is 0 Å². The van der Waals surface area contributed by atoms with E-state index in [1.807, 2.05) is 6.20 Å². The highest BCUT2D eigenvalue weighted by Crippen LogP contribution is 2.53. The van der Waals surface area contributed by atoms with Crippen molar-refractivity contribution in [1.29, 1.82) is 0 Å². The molecule has 0 fully saturated rings. The van der Waals surface area contributed by atoms with Crippen molar-refractivity contribution < 1.29 is 9.63 Å². The number of aliphatic hydroxyl groups is 1. The fourth-order valence-corrected chi connectivity index (χ4v) is 5.93. The van der Waals surface area contributed by atoms with Crippen molar-refractivity contribution in [1.82, 2.24) is 14.7 Å². The van der Waals surface area contributed by atoms with Gasteiger partial charge in [-0.05, 0) is 36.7 Å². The Bertz CT molecular complexity index is 1060. The van der Waals surface area contributed by atoms with Gasteiger partial charge in [0.25, 0.3) is 0 Å². The molecule has 158 valence electrons. The maximum atomic E-state index is 9.80. The van der Waals surface area contributed by atoms with Gasteiger partial charge in [0, 0.05) is 34.7 Å². The van der Waals surface area contributed by atoms with E-state index in [-0.39, 0.29) is 12.0 Å². The minimum absolute atomic E-state index is 0.0428. The van der Waals surface area contributed by atoms with Gasteiger partial charge in [-0.25, -0.2) is 4.98 Å². The third-order valence-corrected chi connectivity index (χ3v) is 7.53. The lowest BCUT2D eigenvalue weighted by Crippen LogP contribution is -2.44. The average molecular weight is 406 g/mol. The van der Waals surface area contributed by atoms with Crippen molar-refractivity contribution in [3.05, 3.63) is 58.7 Å². The molecule has 1 aromatic carbocycles. The van der Waals surface area contributed by atoms with Crippen LogP contribution in [0.2, 0.25) is 0 Å². The zero-order valence-electron chi connectivity index (χ0n) is 18.4. The number of fused-ring (bicyclic) bond motifs is 4. The molecule has 0 aliphatic heterocycles. The highest BCUT2D eigenvalue weighted by atomic mass is 16.5. The first-order valence-electron chi connectivity index (χ1n) is 11.2. The predicted molar refractivity (Wildman–Crippen MR) is 117 cm³/mol. The summed E-state index contributed by atoms with van der Waals surface area (Å²) in [4.78, 5) is 5.26. The van der Waals surface area contributed by atoms with Gasteiger partial charge < -0.3 is 14.2 Å². The molecule has 5 rings (SSSR count). The molecular weight excluding hydrogens is 374 g/mol. The second kappa shape index (κ2) is 7.09. The van der Waals surface area contributed by atoms with Gasteiger partial charge in [0.1, 0.15) is 11.6 Å². The number of aromatic nitrogens is 3. The Hall–Kier alpha value is -2.40. The van der Waals surface area contributed by atoms with E-state index in [0.717, 1.165) is 36.4 Å². The number of imidazole rings is 1. The van der Waals surface area contributed by atoms with E-state index in [4.69, 9.17) is 9.51 Å². The molecule has 0 saturated heterocycles. The van der Waals surface area contributed by atoms with Crippen LogP contribution in [-0.4, -0.2) is 26.4 Å². The first kappa shape index (κ1) is 19.6. The van der Waals surface area contributed by atoms with Gasteiger partial charge in [0.05, 0.1) is 18.5 Å². The van der Waals surface area contributed by atoms with Crippen LogP contribution in [0.15, 0.2) is 35.0 Å². The van der Waals surface area contributed by atoms with Crippen LogP contribution in [0.5, 0.6) is 0 Å². The van der Waals surface area contributed by atoms with Gasteiger partial charge in [0.15, 0.2) is 0 Å². The van der Waals surface area contributed by atoms with Gasteiger partial charge in [-0.15, -0.1) is 0 Å². The fourth-order valence-electron chi connectivity index (χ4n) is 5.93. The van der Waals surface area contributed by atoms with Crippen LogP contribution >= 0.6 is 0 Å². The quantitative estimate of drug-likeness (QED) is 0.675. The lowest BCUT2D eigenvalue weighted by Gasteiger charge is -2.46. The summed E-state index contributed by atoms with van der Waals surface area (Å²) in [6.07, 6.45) is 4.89. The van der Waals surface area contributed by atoms with Gasteiger partial charge in [0.2, 0.25) is 0 Å². The summed E-state index contributed by atoms with van der Waals surface area (Å²) >= 11 is 0. The molecule has 1 N–H and O–H groups in total. The smallest absolute Gasteiger partial charge is 0.143 e. The van der Waals surface area contributed by atoms with E-state index in [9.17, 15) is 5.11 Å². The Morgan fingerprint density at radius 3 is 2.73 bits per heavy atom. The third kappa shape index (κ3) is 2.78. The molecule has 3 aromatic rings. The molecule has 0 bridgehead atoms. The van der Waals surface area contributed by atoms with Crippen LogP contribution in [0.1, 0.15) is 74.2 Å². The molecule has 2 aliphatic rings. The Morgan fingerprint density at radius 2 is 2.03 bits per heavy atom. The van der Waals surface area contributed by atoms with E-state index >= 15 is 0 Å². The summed E-state index contributed by atoms with van der Waals surface area (Å²) in [6, 6.07) is 8.76. The zero-order valence-corrected chi connectivity index (χ0v) is 18.4. The highest BCUT2D eigenvalue weighted by molar-refractivity contribution is 5.59. The van der Waals surface area contributed by atoms with Gasteiger partial charge >= 0.3 is 0 Å². The summed E-state index contributed by atoms with van der Waals surface area (Å²) in [6.45, 7) is 9.76. The monoisotopic (exact) mass is 405 g/mol. The van der Waals surface area contributed by atoms with Gasteiger partial charge in [-0.2, -0.15) is 0 Å². The van der Waals surface area contributed by atoms with Crippen molar-refractivity contribution >= 4 is 0 Å². The molecule has 2 aromatic heterocycles. The summed E-state index contributed by atoms with van der Waals surface area (Å²) in [5, 5.41) is 13.9. The minimum atomic E-state index is -0.0428. The lowest BCUT2D eigenvalue weighted by molar-refractivity contribution is 0.170. The standard InChI is InChI=1S/C25H31N3O2/c1-15(2)17-5-7-18(8-6-17)24-27-23-21(28(24)11-12-29)10-9-20-16(3)22-19(14-26-30-22)13-25(20,23)4/h5-8,14-16,20,29H,9-13H2,1-4H3/t16-,20-,25-/m1/s1. The molecule has 2 aliphatic carbocycles. The molecule has 2 heterocycles. The van der Waals surface area contributed by atoms with Crippen molar-refractivity contribution in [3.8, 4) is 11.4 Å². The van der Waals surface area contributed by atoms with E-state index in [0.29, 0.717) is 24.3 Å². The van der Waals surface area contributed by atoms with E-state index in [1.165, 1.54) is 22.5 Å². The third-order valence-electron chi connectivity index (χ3n) is 7.53. The molecule has 0 unspecified atom stereocenters. The van der Waals surface area contributed by atoms with Gasteiger partial charge in [-0.1, -0.05) is 57.1 Å². The van der Waals surface area contributed by atoms with Crippen molar-refractivity contribution in [3.63, 3.8) is 0 Å². The van der Waals surface area contributed by atoms with E-state index < -0.39 is 0 Å². The van der Waals surface area contributed by atoms with E-state index in [2.05, 4.69) is 61.7 Å². The number of aliphatic hydroxyl groups excluding tert-OH is 1. The Labute approximate surface area is 178 Å². The Balaban J connectivity index is 1.64. The summed E-state index contributed by atoms with van der Waals surface area (Å²) in [5.74, 6) is 3.37. The molecule has 0 amide bonds. The lowest BCUT2D eigenvalue weighted by atomic mass is 9.57. The molecule has 3 atom stereocenters. The molecule has 0 spiro atoms. The summed E-state index contributed by atoms with van der Waals surface area (Å²) in [7, 11) is 0. The van der Waals surface area contributed by atoms with Crippen molar-refractivity contribution in [2.24, 2.45) is 5.92 Å². The number of nitrogens with zero attached hydrogens (tertiary/aromatic N) is 3. The highest BCUT2D eigenvalue weighted by Gasteiger charge is 2.51. The summed E-state index contributed by atoms with van der Waals surface area (Å²) in [5.41, 5.74) is 6.12. The molecule has 5 nitrogen and oxygen atoms in total. The van der Waals surface area contributed by atoms with Crippen molar-refractivity contribution in [2.45, 2.75) is 70.8 Å². The van der Waals surface area contributed by atoms with Crippen LogP contribution in [-0.2, 0) is 24.8 Å². The number of benzene rings is 1. The minimum Gasteiger partial charge on any atom is -0.395 e. The number of rotatable bonds is 4. The zero-order chi connectivity index (χ0) is 21.0. The second-order valence-electron chi connectivity index (χ2n) is 9.63.